The summed E-state index contributed by atoms with van der Waals surface area (Å²) in [5, 5.41) is 13.8. The molecule has 120 valence electrons. The second kappa shape index (κ2) is 7.23. The van der Waals surface area contributed by atoms with E-state index in [2.05, 4.69) is 21.2 Å². The molecule has 1 unspecified atom stereocenters. The number of benzene rings is 2. The van der Waals surface area contributed by atoms with Crippen molar-refractivity contribution in [3.8, 4) is 5.75 Å². The molecule has 0 aromatic heterocycles. The number of methoxy groups -OCH3 is 1. The summed E-state index contributed by atoms with van der Waals surface area (Å²) in [6.45, 7) is 1.84. The standard InChI is InChI=1S/C16H15BrN2O4/c1-10(11-4-3-5-13(17)8-11)18-16(20)12-6-7-15(23-2)14(9-12)19(21)22/h3-10H,1-2H3,(H,18,20). The zero-order chi connectivity index (χ0) is 17.0. The van der Waals surface area contributed by atoms with Crippen LogP contribution in [0.3, 0.4) is 0 Å². The number of nitro benzene ring substituents is 1. The second-order valence-corrected chi connectivity index (χ2v) is 5.81. The van der Waals surface area contributed by atoms with Crippen molar-refractivity contribution in [1.29, 1.82) is 0 Å². The molecule has 0 aliphatic carbocycles. The molecule has 23 heavy (non-hydrogen) atoms. The third kappa shape index (κ3) is 4.07. The molecule has 0 heterocycles. The molecule has 1 N–H and O–H groups in total. The predicted octanol–water partition coefficient (Wildman–Crippen LogP) is 3.86. The molecule has 0 aliphatic rings. The Morgan fingerprint density at radius 1 is 1.30 bits per heavy atom. The first kappa shape index (κ1) is 17.0. The van der Waals surface area contributed by atoms with E-state index in [0.717, 1.165) is 10.0 Å². The van der Waals surface area contributed by atoms with Crippen LogP contribution in [0.25, 0.3) is 0 Å². The lowest BCUT2D eigenvalue weighted by atomic mass is 10.1. The van der Waals surface area contributed by atoms with E-state index >= 15 is 0 Å². The first-order valence-corrected chi connectivity index (χ1v) is 7.60. The molecule has 0 saturated heterocycles. The number of nitro groups is 1. The summed E-state index contributed by atoms with van der Waals surface area (Å²) in [7, 11) is 1.34. The number of nitrogens with one attached hydrogen (secondary N) is 1. The highest BCUT2D eigenvalue weighted by Gasteiger charge is 2.19. The van der Waals surface area contributed by atoms with Crippen LogP contribution in [0.1, 0.15) is 28.9 Å². The number of amides is 1. The number of hydrogen-bond acceptors (Lipinski definition) is 4. The van der Waals surface area contributed by atoms with E-state index in [-0.39, 0.29) is 28.9 Å². The Labute approximate surface area is 141 Å². The van der Waals surface area contributed by atoms with E-state index in [1.165, 1.54) is 25.3 Å². The molecule has 2 aromatic rings. The molecule has 0 saturated carbocycles. The maximum absolute atomic E-state index is 12.3. The molecule has 0 spiro atoms. The van der Waals surface area contributed by atoms with Crippen molar-refractivity contribution >= 4 is 27.5 Å². The Morgan fingerprint density at radius 3 is 2.65 bits per heavy atom. The summed E-state index contributed by atoms with van der Waals surface area (Å²) >= 11 is 3.38. The summed E-state index contributed by atoms with van der Waals surface area (Å²) in [6.07, 6.45) is 0. The van der Waals surface area contributed by atoms with Crippen molar-refractivity contribution in [1.82, 2.24) is 5.32 Å². The van der Waals surface area contributed by atoms with Crippen molar-refractivity contribution in [2.24, 2.45) is 0 Å². The fraction of sp³-hybridized carbons (Fsp3) is 0.188. The van der Waals surface area contributed by atoms with Gasteiger partial charge in [-0.05, 0) is 36.8 Å². The minimum Gasteiger partial charge on any atom is -0.490 e. The molecule has 1 atom stereocenters. The first-order chi connectivity index (χ1) is 10.9. The lowest BCUT2D eigenvalue weighted by molar-refractivity contribution is -0.385. The normalized spacial score (nSPS) is 11.6. The van der Waals surface area contributed by atoms with Gasteiger partial charge in [-0.25, -0.2) is 0 Å². The van der Waals surface area contributed by atoms with E-state index in [0.29, 0.717) is 0 Å². The van der Waals surface area contributed by atoms with Crippen LogP contribution < -0.4 is 10.1 Å². The Bertz CT molecular complexity index is 749. The van der Waals surface area contributed by atoms with Crippen molar-refractivity contribution in [2.45, 2.75) is 13.0 Å². The van der Waals surface area contributed by atoms with Gasteiger partial charge in [0.1, 0.15) is 0 Å². The highest BCUT2D eigenvalue weighted by atomic mass is 79.9. The van der Waals surface area contributed by atoms with Gasteiger partial charge < -0.3 is 10.1 Å². The van der Waals surface area contributed by atoms with Crippen molar-refractivity contribution in [3.63, 3.8) is 0 Å². The average Bonchev–Trinajstić information content (AvgIpc) is 2.54. The van der Waals surface area contributed by atoms with Crippen LogP contribution in [0.5, 0.6) is 5.75 Å². The lowest BCUT2D eigenvalue weighted by Crippen LogP contribution is -2.26. The molecule has 7 heteroatoms. The molecule has 0 radical (unpaired) electrons. The average molecular weight is 379 g/mol. The van der Waals surface area contributed by atoms with Gasteiger partial charge in [-0.2, -0.15) is 0 Å². The van der Waals surface area contributed by atoms with E-state index < -0.39 is 4.92 Å². The fourth-order valence-electron chi connectivity index (χ4n) is 2.11. The number of carbonyl (C=O) groups is 1. The van der Waals surface area contributed by atoms with Gasteiger partial charge in [0, 0.05) is 16.1 Å². The van der Waals surface area contributed by atoms with E-state index in [4.69, 9.17) is 4.74 Å². The molecular formula is C16H15BrN2O4. The van der Waals surface area contributed by atoms with Crippen LogP contribution in [-0.2, 0) is 0 Å². The summed E-state index contributed by atoms with van der Waals surface area (Å²) in [5.41, 5.74) is 0.894. The van der Waals surface area contributed by atoms with Crippen LogP contribution in [-0.4, -0.2) is 17.9 Å². The van der Waals surface area contributed by atoms with E-state index in [1.807, 2.05) is 31.2 Å². The highest BCUT2D eigenvalue weighted by Crippen LogP contribution is 2.27. The molecule has 0 fully saturated rings. The summed E-state index contributed by atoms with van der Waals surface area (Å²) < 4.78 is 5.84. The summed E-state index contributed by atoms with van der Waals surface area (Å²) in [4.78, 5) is 22.8. The monoisotopic (exact) mass is 378 g/mol. The zero-order valence-corrected chi connectivity index (χ0v) is 14.2. The number of carbonyl (C=O) groups excluding carboxylic acids is 1. The van der Waals surface area contributed by atoms with Gasteiger partial charge in [-0.3, -0.25) is 14.9 Å². The minimum atomic E-state index is -0.576. The Balaban J connectivity index is 2.20. The quantitative estimate of drug-likeness (QED) is 0.632. The fourth-order valence-corrected chi connectivity index (χ4v) is 2.53. The highest BCUT2D eigenvalue weighted by molar-refractivity contribution is 9.10. The summed E-state index contributed by atoms with van der Waals surface area (Å²) in [6, 6.07) is 11.5. The van der Waals surface area contributed by atoms with Crippen LogP contribution in [0, 0.1) is 10.1 Å². The molecule has 2 aromatic carbocycles. The largest absolute Gasteiger partial charge is 0.490 e. The van der Waals surface area contributed by atoms with Gasteiger partial charge in [0.25, 0.3) is 5.91 Å². The van der Waals surface area contributed by atoms with Crippen LogP contribution in [0.2, 0.25) is 0 Å². The molecule has 0 aliphatic heterocycles. The maximum Gasteiger partial charge on any atom is 0.311 e. The molecular weight excluding hydrogens is 364 g/mol. The van der Waals surface area contributed by atoms with Crippen LogP contribution >= 0.6 is 15.9 Å². The van der Waals surface area contributed by atoms with Gasteiger partial charge in [0.05, 0.1) is 18.1 Å². The Morgan fingerprint density at radius 2 is 2.04 bits per heavy atom. The van der Waals surface area contributed by atoms with E-state index in [1.54, 1.807) is 0 Å². The maximum atomic E-state index is 12.3. The number of halogens is 1. The van der Waals surface area contributed by atoms with Gasteiger partial charge in [-0.15, -0.1) is 0 Å². The number of nitrogens with zero attached hydrogens (tertiary/aromatic N) is 1. The SMILES string of the molecule is COc1ccc(C(=O)NC(C)c2cccc(Br)c2)cc1[N+](=O)[O-]. The number of ether oxygens (including phenoxy) is 1. The smallest absolute Gasteiger partial charge is 0.311 e. The van der Waals surface area contributed by atoms with Gasteiger partial charge in [-0.1, -0.05) is 28.1 Å². The second-order valence-electron chi connectivity index (χ2n) is 4.89. The number of hydrogen-bond donors (Lipinski definition) is 1. The Hall–Kier alpha value is -2.41. The van der Waals surface area contributed by atoms with Crippen LogP contribution in [0.15, 0.2) is 46.9 Å². The molecule has 0 bridgehead atoms. The third-order valence-electron chi connectivity index (χ3n) is 3.33. The van der Waals surface area contributed by atoms with E-state index in [9.17, 15) is 14.9 Å². The lowest BCUT2D eigenvalue weighted by Gasteiger charge is -2.15. The van der Waals surface area contributed by atoms with Crippen molar-refractivity contribution < 1.29 is 14.5 Å². The van der Waals surface area contributed by atoms with Gasteiger partial charge in [0.15, 0.2) is 5.75 Å². The Kier molecular flexibility index (Phi) is 5.33. The van der Waals surface area contributed by atoms with Crippen LogP contribution in [0.4, 0.5) is 5.69 Å². The third-order valence-corrected chi connectivity index (χ3v) is 3.83. The van der Waals surface area contributed by atoms with Crippen molar-refractivity contribution in [2.75, 3.05) is 7.11 Å². The van der Waals surface area contributed by atoms with Gasteiger partial charge >= 0.3 is 5.69 Å². The molecule has 6 nitrogen and oxygen atoms in total. The van der Waals surface area contributed by atoms with Gasteiger partial charge in [0.2, 0.25) is 0 Å². The minimum absolute atomic E-state index is 0.117. The predicted molar refractivity (Wildman–Crippen MR) is 89.7 cm³/mol. The van der Waals surface area contributed by atoms with Crippen molar-refractivity contribution in [3.05, 3.63) is 68.2 Å². The molecule has 2 rings (SSSR count). The zero-order valence-electron chi connectivity index (χ0n) is 12.6. The first-order valence-electron chi connectivity index (χ1n) is 6.81. The topological polar surface area (TPSA) is 81.5 Å². The summed E-state index contributed by atoms with van der Waals surface area (Å²) in [5.74, 6) is -0.269. The molecule has 1 amide bonds. The number of rotatable bonds is 5.